The highest BCUT2D eigenvalue weighted by atomic mass is 32.2. The molecule has 0 spiro atoms. The van der Waals surface area contributed by atoms with Gasteiger partial charge in [0.2, 0.25) is 0 Å². The average Bonchev–Trinajstić information content (AvgIpc) is 2.92. The van der Waals surface area contributed by atoms with Crippen LogP contribution in [0.15, 0.2) is 47.6 Å². The first-order valence-electron chi connectivity index (χ1n) is 5.62. The van der Waals surface area contributed by atoms with Crippen LogP contribution in [-0.4, -0.2) is 23.4 Å². The van der Waals surface area contributed by atoms with Crippen molar-refractivity contribution < 1.29 is 9.53 Å². The van der Waals surface area contributed by atoms with Gasteiger partial charge in [-0.15, -0.1) is 0 Å². The molecule has 0 fully saturated rings. The summed E-state index contributed by atoms with van der Waals surface area (Å²) in [7, 11) is 1.37. The first-order chi connectivity index (χ1) is 9.26. The van der Waals surface area contributed by atoms with Crippen molar-refractivity contribution in [1.29, 1.82) is 5.26 Å². The number of carbonyl (C=O) groups is 1. The molecule has 0 bridgehead atoms. The van der Waals surface area contributed by atoms with Crippen molar-refractivity contribution in [1.82, 2.24) is 4.57 Å². The topological polar surface area (TPSA) is 55.0 Å². The number of aromatic nitrogens is 1. The van der Waals surface area contributed by atoms with Gasteiger partial charge in [-0.2, -0.15) is 5.26 Å². The Balaban J connectivity index is 2.29. The summed E-state index contributed by atoms with van der Waals surface area (Å²) in [6, 6.07) is 13.3. The van der Waals surface area contributed by atoms with Crippen molar-refractivity contribution in [2.45, 2.75) is 5.03 Å². The summed E-state index contributed by atoms with van der Waals surface area (Å²) in [6.45, 7) is 0. The average molecular weight is 272 g/mol. The molecule has 0 aliphatic rings. The molecule has 0 aliphatic carbocycles. The van der Waals surface area contributed by atoms with Gasteiger partial charge < -0.3 is 9.30 Å². The second kappa shape index (κ2) is 6.12. The van der Waals surface area contributed by atoms with Crippen molar-refractivity contribution in [3.8, 4) is 11.8 Å². The van der Waals surface area contributed by atoms with Gasteiger partial charge in [0.15, 0.2) is 0 Å². The summed E-state index contributed by atoms with van der Waals surface area (Å²) in [6.07, 6.45) is 1.87. The maximum Gasteiger partial charge on any atom is 0.316 e. The molecule has 19 heavy (non-hydrogen) atoms. The number of ether oxygens (including phenoxy) is 1. The zero-order valence-electron chi connectivity index (χ0n) is 10.4. The summed E-state index contributed by atoms with van der Waals surface area (Å²) in [4.78, 5) is 11.2. The Morgan fingerprint density at radius 2 is 2.16 bits per heavy atom. The molecule has 1 aromatic carbocycles. The second-order valence-corrected chi connectivity index (χ2v) is 4.71. The first-order valence-corrected chi connectivity index (χ1v) is 6.61. The highest BCUT2D eigenvalue weighted by molar-refractivity contribution is 7.99. The Labute approximate surface area is 115 Å². The fourth-order valence-corrected chi connectivity index (χ4v) is 2.51. The molecule has 0 saturated heterocycles. The third-order valence-corrected chi connectivity index (χ3v) is 3.57. The van der Waals surface area contributed by atoms with E-state index in [0.29, 0.717) is 5.56 Å². The van der Waals surface area contributed by atoms with Crippen LogP contribution in [0.2, 0.25) is 0 Å². The van der Waals surface area contributed by atoms with Crippen molar-refractivity contribution in [3.05, 3.63) is 48.2 Å². The molecule has 0 radical (unpaired) electrons. The molecule has 2 aromatic rings. The molecule has 0 saturated carbocycles. The predicted octanol–water partition coefficient (Wildman–Crippen LogP) is 2.61. The van der Waals surface area contributed by atoms with E-state index in [4.69, 9.17) is 5.26 Å². The van der Waals surface area contributed by atoms with Crippen molar-refractivity contribution in [2.24, 2.45) is 0 Å². The van der Waals surface area contributed by atoms with Gasteiger partial charge in [-0.3, -0.25) is 4.79 Å². The van der Waals surface area contributed by atoms with Gasteiger partial charge in [-0.05, 0) is 24.3 Å². The van der Waals surface area contributed by atoms with Crippen LogP contribution in [0.25, 0.3) is 5.69 Å². The standard InChI is InChI=1S/C14H12N2O2S/c1-18-14(17)10-19-13-7-4-8-16(13)12-6-3-2-5-11(12)9-15/h2-8H,10H2,1H3. The summed E-state index contributed by atoms with van der Waals surface area (Å²) in [5, 5.41) is 10.0. The quantitative estimate of drug-likeness (QED) is 0.634. The summed E-state index contributed by atoms with van der Waals surface area (Å²) in [5.41, 5.74) is 1.40. The van der Waals surface area contributed by atoms with Gasteiger partial charge in [0.1, 0.15) is 6.07 Å². The second-order valence-electron chi connectivity index (χ2n) is 3.71. The van der Waals surface area contributed by atoms with Gasteiger partial charge in [-0.25, -0.2) is 0 Å². The molecule has 1 heterocycles. The number of hydrogen-bond acceptors (Lipinski definition) is 4. The fraction of sp³-hybridized carbons (Fsp3) is 0.143. The summed E-state index contributed by atoms with van der Waals surface area (Å²) in [5.74, 6) is -0.0267. The number of thioether (sulfide) groups is 1. The Kier molecular flexibility index (Phi) is 4.26. The van der Waals surface area contributed by atoms with Crippen LogP contribution in [-0.2, 0) is 9.53 Å². The fourth-order valence-electron chi connectivity index (χ4n) is 1.65. The number of nitrogens with zero attached hydrogens (tertiary/aromatic N) is 2. The zero-order chi connectivity index (χ0) is 13.7. The highest BCUT2D eigenvalue weighted by Gasteiger charge is 2.09. The normalized spacial score (nSPS) is 9.89. The maximum absolute atomic E-state index is 11.2. The van der Waals surface area contributed by atoms with Crippen molar-refractivity contribution in [3.63, 3.8) is 0 Å². The molecule has 0 aliphatic heterocycles. The molecule has 0 amide bonds. The minimum absolute atomic E-state index is 0.245. The van der Waals surface area contributed by atoms with Crippen LogP contribution in [0.5, 0.6) is 0 Å². The number of carbonyl (C=O) groups excluding carboxylic acids is 1. The molecule has 1 aromatic heterocycles. The van der Waals surface area contributed by atoms with Gasteiger partial charge in [0.25, 0.3) is 0 Å². The SMILES string of the molecule is COC(=O)CSc1cccn1-c1ccccc1C#N. The molecule has 0 atom stereocenters. The van der Waals surface area contributed by atoms with E-state index in [-0.39, 0.29) is 11.7 Å². The Morgan fingerprint density at radius 3 is 2.89 bits per heavy atom. The van der Waals surface area contributed by atoms with E-state index < -0.39 is 0 Å². The van der Waals surface area contributed by atoms with Crippen LogP contribution in [0, 0.1) is 11.3 Å². The monoisotopic (exact) mass is 272 g/mol. The number of esters is 1. The molecule has 96 valence electrons. The van der Waals surface area contributed by atoms with Crippen LogP contribution in [0.4, 0.5) is 0 Å². The number of methoxy groups -OCH3 is 1. The number of nitriles is 1. The van der Waals surface area contributed by atoms with Crippen molar-refractivity contribution in [2.75, 3.05) is 12.9 Å². The summed E-state index contributed by atoms with van der Waals surface area (Å²) >= 11 is 1.38. The summed E-state index contributed by atoms with van der Waals surface area (Å²) < 4.78 is 6.51. The molecular weight excluding hydrogens is 260 g/mol. The molecule has 0 N–H and O–H groups in total. The van der Waals surface area contributed by atoms with Crippen LogP contribution in [0.1, 0.15) is 5.56 Å². The lowest BCUT2D eigenvalue weighted by atomic mass is 10.2. The van der Waals surface area contributed by atoms with E-state index in [1.54, 1.807) is 6.07 Å². The third kappa shape index (κ3) is 2.98. The Bertz CT molecular complexity index is 628. The molecule has 4 nitrogen and oxygen atoms in total. The highest BCUT2D eigenvalue weighted by Crippen LogP contribution is 2.24. The van der Waals surface area contributed by atoms with E-state index in [2.05, 4.69) is 10.8 Å². The number of rotatable bonds is 4. The van der Waals surface area contributed by atoms with Crippen LogP contribution in [0.3, 0.4) is 0 Å². The lowest BCUT2D eigenvalue weighted by Crippen LogP contribution is -2.04. The molecule has 5 heteroatoms. The Morgan fingerprint density at radius 1 is 1.37 bits per heavy atom. The lowest BCUT2D eigenvalue weighted by Gasteiger charge is -2.09. The van der Waals surface area contributed by atoms with E-state index in [1.807, 2.05) is 41.1 Å². The minimum atomic E-state index is -0.272. The molecular formula is C14H12N2O2S. The largest absolute Gasteiger partial charge is 0.468 e. The minimum Gasteiger partial charge on any atom is -0.468 e. The first kappa shape index (κ1) is 13.2. The van der Waals surface area contributed by atoms with Gasteiger partial charge in [0, 0.05) is 6.20 Å². The van der Waals surface area contributed by atoms with Crippen LogP contribution < -0.4 is 0 Å². The van der Waals surface area contributed by atoms with E-state index in [0.717, 1.165) is 10.7 Å². The predicted molar refractivity (Wildman–Crippen MR) is 73.2 cm³/mol. The molecule has 0 unspecified atom stereocenters. The van der Waals surface area contributed by atoms with E-state index in [1.165, 1.54) is 18.9 Å². The Hall–Kier alpha value is -2.19. The number of para-hydroxylation sites is 1. The van der Waals surface area contributed by atoms with Gasteiger partial charge >= 0.3 is 5.97 Å². The van der Waals surface area contributed by atoms with E-state index >= 15 is 0 Å². The van der Waals surface area contributed by atoms with Gasteiger partial charge in [-0.1, -0.05) is 23.9 Å². The van der Waals surface area contributed by atoms with E-state index in [9.17, 15) is 4.79 Å². The number of hydrogen-bond donors (Lipinski definition) is 0. The number of benzene rings is 1. The van der Waals surface area contributed by atoms with Gasteiger partial charge in [0.05, 0.1) is 29.1 Å². The third-order valence-electron chi connectivity index (χ3n) is 2.56. The lowest BCUT2D eigenvalue weighted by molar-refractivity contribution is -0.137. The maximum atomic E-state index is 11.2. The van der Waals surface area contributed by atoms with Crippen molar-refractivity contribution >= 4 is 17.7 Å². The zero-order valence-corrected chi connectivity index (χ0v) is 11.2. The molecule has 2 rings (SSSR count). The smallest absolute Gasteiger partial charge is 0.316 e. The van der Waals surface area contributed by atoms with Crippen LogP contribution >= 0.6 is 11.8 Å².